The molecule has 0 unspecified atom stereocenters. The van der Waals surface area contributed by atoms with E-state index in [1.165, 1.54) is 0 Å². The zero-order chi connectivity index (χ0) is 11.4. The van der Waals surface area contributed by atoms with Gasteiger partial charge in [0.1, 0.15) is 0 Å². The predicted octanol–water partition coefficient (Wildman–Crippen LogP) is 1.69. The highest BCUT2D eigenvalue weighted by atomic mass is 15.3. The third kappa shape index (κ3) is 2.28. The second-order valence-electron chi connectivity index (χ2n) is 3.69. The van der Waals surface area contributed by atoms with Crippen LogP contribution in [0.25, 0.3) is 5.69 Å². The van der Waals surface area contributed by atoms with E-state index in [4.69, 9.17) is 0 Å². The minimum absolute atomic E-state index is 0.818. The number of hydrogen-bond donors (Lipinski definition) is 1. The Hall–Kier alpha value is -1.68. The molecule has 0 aliphatic rings. The number of aromatic nitrogens is 3. The third-order valence-electron chi connectivity index (χ3n) is 2.41. The molecule has 2 rings (SSSR count). The van der Waals surface area contributed by atoms with Gasteiger partial charge in [-0.3, -0.25) is 4.98 Å². The summed E-state index contributed by atoms with van der Waals surface area (Å²) in [5.74, 6) is 0. The second kappa shape index (κ2) is 4.90. The van der Waals surface area contributed by atoms with Gasteiger partial charge in [-0.05, 0) is 25.6 Å². The Kier molecular flexibility index (Phi) is 3.31. The van der Waals surface area contributed by atoms with E-state index >= 15 is 0 Å². The summed E-state index contributed by atoms with van der Waals surface area (Å²) >= 11 is 0. The Balaban J connectivity index is 2.32. The van der Waals surface area contributed by atoms with E-state index in [-0.39, 0.29) is 0 Å². The van der Waals surface area contributed by atoms with Gasteiger partial charge < -0.3 is 5.32 Å². The first kappa shape index (κ1) is 10.8. The maximum absolute atomic E-state index is 4.41. The van der Waals surface area contributed by atoms with Crippen LogP contribution in [-0.4, -0.2) is 21.3 Å². The van der Waals surface area contributed by atoms with E-state index in [0.717, 1.165) is 30.0 Å². The summed E-state index contributed by atoms with van der Waals surface area (Å²) in [7, 11) is 0. The molecule has 0 bridgehead atoms. The van der Waals surface area contributed by atoms with Gasteiger partial charge in [-0.25, -0.2) is 4.68 Å². The van der Waals surface area contributed by atoms with Crippen molar-refractivity contribution in [3.05, 3.63) is 42.0 Å². The van der Waals surface area contributed by atoms with Crippen LogP contribution in [0.2, 0.25) is 0 Å². The standard InChI is InChI=1S/C12H16N4/c1-3-13-8-11-9-14-6-4-12(11)16-7-5-10(2)15-16/h4-7,9,13H,3,8H2,1-2H3. The van der Waals surface area contributed by atoms with Crippen molar-refractivity contribution in [2.45, 2.75) is 20.4 Å². The van der Waals surface area contributed by atoms with E-state index < -0.39 is 0 Å². The molecule has 0 amide bonds. The first-order chi connectivity index (χ1) is 7.81. The molecule has 0 saturated heterocycles. The van der Waals surface area contributed by atoms with Crippen molar-refractivity contribution >= 4 is 0 Å². The molecule has 0 fully saturated rings. The average Bonchev–Trinajstić information content (AvgIpc) is 2.73. The molecule has 1 N–H and O–H groups in total. The zero-order valence-corrected chi connectivity index (χ0v) is 9.64. The molecule has 0 spiro atoms. The van der Waals surface area contributed by atoms with Crippen LogP contribution in [0.1, 0.15) is 18.2 Å². The van der Waals surface area contributed by atoms with Gasteiger partial charge in [0.15, 0.2) is 0 Å². The Labute approximate surface area is 95.3 Å². The molecule has 0 aliphatic heterocycles. The van der Waals surface area contributed by atoms with Gasteiger partial charge in [-0.15, -0.1) is 0 Å². The molecule has 16 heavy (non-hydrogen) atoms. The number of aryl methyl sites for hydroxylation is 1. The fourth-order valence-electron chi connectivity index (χ4n) is 1.59. The highest BCUT2D eigenvalue weighted by Gasteiger charge is 2.04. The van der Waals surface area contributed by atoms with Crippen molar-refractivity contribution in [1.82, 2.24) is 20.1 Å². The number of rotatable bonds is 4. The van der Waals surface area contributed by atoms with E-state index in [0.29, 0.717) is 0 Å². The van der Waals surface area contributed by atoms with Crippen LogP contribution in [-0.2, 0) is 6.54 Å². The van der Waals surface area contributed by atoms with Crippen LogP contribution in [0.4, 0.5) is 0 Å². The molecule has 84 valence electrons. The van der Waals surface area contributed by atoms with Gasteiger partial charge in [0.2, 0.25) is 0 Å². The Morgan fingerprint density at radius 1 is 1.38 bits per heavy atom. The fourth-order valence-corrected chi connectivity index (χ4v) is 1.59. The van der Waals surface area contributed by atoms with Crippen molar-refractivity contribution in [2.24, 2.45) is 0 Å². The number of hydrogen-bond acceptors (Lipinski definition) is 3. The van der Waals surface area contributed by atoms with Crippen LogP contribution in [0.15, 0.2) is 30.7 Å². The molecule has 0 aliphatic carbocycles. The largest absolute Gasteiger partial charge is 0.313 e. The first-order valence-electron chi connectivity index (χ1n) is 5.47. The van der Waals surface area contributed by atoms with Crippen molar-refractivity contribution < 1.29 is 0 Å². The van der Waals surface area contributed by atoms with Crippen LogP contribution < -0.4 is 5.32 Å². The molecule has 4 heteroatoms. The monoisotopic (exact) mass is 216 g/mol. The normalized spacial score (nSPS) is 10.6. The van der Waals surface area contributed by atoms with Gasteiger partial charge in [-0.2, -0.15) is 5.10 Å². The maximum atomic E-state index is 4.41. The van der Waals surface area contributed by atoms with Crippen molar-refractivity contribution in [3.8, 4) is 5.69 Å². The minimum atomic E-state index is 0.818. The smallest absolute Gasteiger partial charge is 0.0721 e. The summed E-state index contributed by atoms with van der Waals surface area (Å²) < 4.78 is 1.89. The summed E-state index contributed by atoms with van der Waals surface area (Å²) in [6.07, 6.45) is 5.65. The molecule has 2 aromatic heterocycles. The van der Waals surface area contributed by atoms with Crippen molar-refractivity contribution in [3.63, 3.8) is 0 Å². The van der Waals surface area contributed by atoms with E-state index in [2.05, 4.69) is 22.3 Å². The third-order valence-corrected chi connectivity index (χ3v) is 2.41. The predicted molar refractivity (Wildman–Crippen MR) is 63.5 cm³/mol. The number of nitrogens with zero attached hydrogens (tertiary/aromatic N) is 3. The van der Waals surface area contributed by atoms with E-state index in [9.17, 15) is 0 Å². The lowest BCUT2D eigenvalue weighted by molar-refractivity contribution is 0.713. The lowest BCUT2D eigenvalue weighted by Crippen LogP contribution is -2.14. The maximum Gasteiger partial charge on any atom is 0.0721 e. The van der Waals surface area contributed by atoms with Gasteiger partial charge in [0, 0.05) is 30.7 Å². The van der Waals surface area contributed by atoms with Gasteiger partial charge in [0.05, 0.1) is 11.4 Å². The SMILES string of the molecule is CCNCc1cnccc1-n1ccc(C)n1. The molecule has 4 nitrogen and oxygen atoms in total. The van der Waals surface area contributed by atoms with Crippen LogP contribution in [0.5, 0.6) is 0 Å². The van der Waals surface area contributed by atoms with Crippen LogP contribution in [0.3, 0.4) is 0 Å². The average molecular weight is 216 g/mol. The summed E-state index contributed by atoms with van der Waals surface area (Å²) in [4.78, 5) is 4.15. The van der Waals surface area contributed by atoms with Crippen molar-refractivity contribution in [2.75, 3.05) is 6.54 Å². The highest BCUT2D eigenvalue weighted by Crippen LogP contribution is 2.12. The second-order valence-corrected chi connectivity index (χ2v) is 3.69. The van der Waals surface area contributed by atoms with Crippen molar-refractivity contribution in [1.29, 1.82) is 0 Å². The Morgan fingerprint density at radius 3 is 2.94 bits per heavy atom. The van der Waals surface area contributed by atoms with Gasteiger partial charge >= 0.3 is 0 Å². The summed E-state index contributed by atoms with van der Waals surface area (Å²) in [6, 6.07) is 3.98. The summed E-state index contributed by atoms with van der Waals surface area (Å²) in [5.41, 5.74) is 3.27. The molecule has 0 atom stereocenters. The zero-order valence-electron chi connectivity index (χ0n) is 9.64. The Bertz CT molecular complexity index is 462. The minimum Gasteiger partial charge on any atom is -0.313 e. The number of nitrogens with one attached hydrogen (secondary N) is 1. The molecular weight excluding hydrogens is 200 g/mol. The first-order valence-corrected chi connectivity index (χ1v) is 5.47. The summed E-state index contributed by atoms with van der Waals surface area (Å²) in [6.45, 7) is 5.85. The fraction of sp³-hybridized carbons (Fsp3) is 0.333. The quantitative estimate of drug-likeness (QED) is 0.845. The van der Waals surface area contributed by atoms with E-state index in [1.54, 1.807) is 6.20 Å². The molecular formula is C12H16N4. The topological polar surface area (TPSA) is 42.7 Å². The lowest BCUT2D eigenvalue weighted by atomic mass is 10.2. The summed E-state index contributed by atoms with van der Waals surface area (Å²) in [5, 5.41) is 7.71. The van der Waals surface area contributed by atoms with Gasteiger partial charge in [-0.1, -0.05) is 6.92 Å². The molecule has 0 aromatic carbocycles. The number of pyridine rings is 1. The van der Waals surface area contributed by atoms with E-state index in [1.807, 2.05) is 36.1 Å². The molecule has 0 saturated carbocycles. The molecule has 0 radical (unpaired) electrons. The lowest BCUT2D eigenvalue weighted by Gasteiger charge is -2.08. The van der Waals surface area contributed by atoms with Gasteiger partial charge in [0.25, 0.3) is 0 Å². The Morgan fingerprint density at radius 2 is 2.25 bits per heavy atom. The highest BCUT2D eigenvalue weighted by molar-refractivity contribution is 5.38. The molecule has 2 heterocycles. The van der Waals surface area contributed by atoms with Crippen LogP contribution >= 0.6 is 0 Å². The molecule has 2 aromatic rings. The van der Waals surface area contributed by atoms with Crippen LogP contribution in [0, 0.1) is 6.92 Å².